The van der Waals surface area contributed by atoms with Gasteiger partial charge in [0.25, 0.3) is 5.91 Å². The monoisotopic (exact) mass is 382 g/mol. The second-order valence-corrected chi connectivity index (χ2v) is 6.84. The van der Waals surface area contributed by atoms with Gasteiger partial charge in [0.1, 0.15) is 0 Å². The van der Waals surface area contributed by atoms with E-state index >= 15 is 0 Å². The van der Waals surface area contributed by atoms with E-state index in [4.69, 9.17) is 4.74 Å². The number of aromatic nitrogens is 1. The largest absolute Gasteiger partial charge is 0.450 e. The molecular formula is C21H26N4O3. The Morgan fingerprint density at radius 3 is 2.68 bits per heavy atom. The van der Waals surface area contributed by atoms with Gasteiger partial charge in [-0.15, -0.1) is 0 Å². The Bertz CT molecular complexity index is 832. The van der Waals surface area contributed by atoms with Gasteiger partial charge in [-0.1, -0.05) is 18.2 Å². The molecule has 1 fully saturated rings. The minimum Gasteiger partial charge on any atom is -0.450 e. The third-order valence-electron chi connectivity index (χ3n) is 4.79. The van der Waals surface area contributed by atoms with Crippen molar-refractivity contribution in [2.75, 3.05) is 30.3 Å². The SMILES string of the molecule is CCOC(=O)N1CCC(Nc2cncc(C(=O)Nc3ccccc3C)c2)CC1. The maximum atomic E-state index is 12.6. The first-order chi connectivity index (χ1) is 13.6. The van der Waals surface area contributed by atoms with Gasteiger partial charge in [-0.05, 0) is 44.4 Å². The molecule has 2 aromatic rings. The lowest BCUT2D eigenvalue weighted by atomic mass is 10.1. The topological polar surface area (TPSA) is 83.6 Å². The van der Waals surface area contributed by atoms with Crippen LogP contribution >= 0.6 is 0 Å². The molecule has 1 aliphatic heterocycles. The second kappa shape index (κ2) is 9.21. The summed E-state index contributed by atoms with van der Waals surface area (Å²) in [5.74, 6) is -0.192. The van der Waals surface area contributed by atoms with Crippen molar-refractivity contribution in [2.24, 2.45) is 0 Å². The number of carbonyl (C=O) groups excluding carboxylic acids is 2. The van der Waals surface area contributed by atoms with E-state index in [1.807, 2.05) is 31.2 Å². The maximum Gasteiger partial charge on any atom is 0.409 e. The van der Waals surface area contributed by atoms with Gasteiger partial charge in [0.2, 0.25) is 0 Å². The number of rotatable bonds is 5. The highest BCUT2D eigenvalue weighted by molar-refractivity contribution is 6.04. The zero-order valence-corrected chi connectivity index (χ0v) is 16.3. The maximum absolute atomic E-state index is 12.6. The van der Waals surface area contributed by atoms with E-state index in [1.54, 1.807) is 30.3 Å². The van der Waals surface area contributed by atoms with E-state index < -0.39 is 0 Å². The Morgan fingerprint density at radius 1 is 1.21 bits per heavy atom. The Balaban J connectivity index is 1.57. The van der Waals surface area contributed by atoms with Crippen LogP contribution in [0.4, 0.5) is 16.2 Å². The summed E-state index contributed by atoms with van der Waals surface area (Å²) in [5, 5.41) is 6.34. The lowest BCUT2D eigenvalue weighted by molar-refractivity contribution is 0.0981. The molecule has 2 heterocycles. The number of anilines is 2. The first kappa shape index (κ1) is 19.7. The Kier molecular flexibility index (Phi) is 6.47. The summed E-state index contributed by atoms with van der Waals surface area (Å²) in [6.07, 6.45) is 4.65. The predicted octanol–water partition coefficient (Wildman–Crippen LogP) is 3.68. The van der Waals surface area contributed by atoms with E-state index in [1.165, 1.54) is 0 Å². The third-order valence-corrected chi connectivity index (χ3v) is 4.79. The summed E-state index contributed by atoms with van der Waals surface area (Å²) < 4.78 is 5.05. The first-order valence-electron chi connectivity index (χ1n) is 9.57. The summed E-state index contributed by atoms with van der Waals surface area (Å²) >= 11 is 0. The smallest absolute Gasteiger partial charge is 0.409 e. The Morgan fingerprint density at radius 2 is 1.96 bits per heavy atom. The van der Waals surface area contributed by atoms with E-state index in [0.29, 0.717) is 25.3 Å². The van der Waals surface area contributed by atoms with Crippen molar-refractivity contribution in [3.05, 3.63) is 53.9 Å². The first-order valence-corrected chi connectivity index (χ1v) is 9.57. The van der Waals surface area contributed by atoms with Crippen LogP contribution in [0.3, 0.4) is 0 Å². The number of likely N-dealkylation sites (tertiary alicyclic amines) is 1. The molecule has 0 bridgehead atoms. The second-order valence-electron chi connectivity index (χ2n) is 6.84. The molecule has 1 saturated heterocycles. The van der Waals surface area contributed by atoms with E-state index in [-0.39, 0.29) is 18.0 Å². The van der Waals surface area contributed by atoms with Gasteiger partial charge in [0.15, 0.2) is 0 Å². The molecule has 1 aliphatic rings. The Hall–Kier alpha value is -3.09. The van der Waals surface area contributed by atoms with Crippen molar-refractivity contribution in [1.82, 2.24) is 9.88 Å². The molecule has 0 saturated carbocycles. The number of aryl methyl sites for hydroxylation is 1. The number of nitrogens with one attached hydrogen (secondary N) is 2. The molecule has 0 aliphatic carbocycles. The zero-order chi connectivity index (χ0) is 19.9. The standard InChI is InChI=1S/C21H26N4O3/c1-3-28-21(27)25-10-8-17(9-11-25)23-18-12-16(13-22-14-18)20(26)24-19-7-5-4-6-15(19)2/h4-7,12-14,17,23H,3,8-11H2,1-2H3,(H,24,26). The fourth-order valence-corrected chi connectivity index (χ4v) is 3.21. The number of hydrogen-bond acceptors (Lipinski definition) is 5. The molecule has 7 nitrogen and oxygen atoms in total. The normalized spacial score (nSPS) is 14.4. The average Bonchev–Trinajstić information content (AvgIpc) is 2.70. The number of carbonyl (C=O) groups is 2. The lowest BCUT2D eigenvalue weighted by Crippen LogP contribution is -2.42. The minimum atomic E-state index is -0.252. The number of hydrogen-bond donors (Lipinski definition) is 2. The van der Waals surface area contributed by atoms with Crippen molar-refractivity contribution in [3.63, 3.8) is 0 Å². The molecule has 1 aromatic carbocycles. The molecule has 2 amide bonds. The van der Waals surface area contributed by atoms with Crippen LogP contribution < -0.4 is 10.6 Å². The highest BCUT2D eigenvalue weighted by atomic mass is 16.6. The van der Waals surface area contributed by atoms with Crippen LogP contribution in [-0.4, -0.2) is 47.6 Å². The van der Waals surface area contributed by atoms with Crippen molar-refractivity contribution >= 4 is 23.4 Å². The molecule has 0 atom stereocenters. The van der Waals surface area contributed by atoms with Gasteiger partial charge in [0.05, 0.1) is 17.9 Å². The van der Waals surface area contributed by atoms with Crippen LogP contribution in [0, 0.1) is 6.92 Å². The molecule has 0 unspecified atom stereocenters. The number of amides is 2. The number of ether oxygens (including phenoxy) is 1. The lowest BCUT2D eigenvalue weighted by Gasteiger charge is -2.32. The van der Waals surface area contributed by atoms with Gasteiger partial charge < -0.3 is 20.3 Å². The number of para-hydroxylation sites is 1. The molecule has 0 radical (unpaired) electrons. The van der Waals surface area contributed by atoms with Crippen LogP contribution in [-0.2, 0) is 4.74 Å². The third kappa shape index (κ3) is 5.00. The highest BCUT2D eigenvalue weighted by Gasteiger charge is 2.23. The van der Waals surface area contributed by atoms with Crippen molar-refractivity contribution in [3.8, 4) is 0 Å². The van der Waals surface area contributed by atoms with Crippen LogP contribution in [0.5, 0.6) is 0 Å². The molecule has 0 spiro atoms. The molecule has 148 valence electrons. The van der Waals surface area contributed by atoms with E-state index in [9.17, 15) is 9.59 Å². The van der Waals surface area contributed by atoms with E-state index in [2.05, 4.69) is 15.6 Å². The van der Waals surface area contributed by atoms with Crippen molar-refractivity contribution in [1.29, 1.82) is 0 Å². The number of piperidine rings is 1. The molecule has 7 heteroatoms. The molecule has 3 rings (SSSR count). The van der Waals surface area contributed by atoms with Crippen LogP contribution in [0.25, 0.3) is 0 Å². The van der Waals surface area contributed by atoms with Crippen molar-refractivity contribution < 1.29 is 14.3 Å². The molecule has 2 N–H and O–H groups in total. The highest BCUT2D eigenvalue weighted by Crippen LogP contribution is 2.19. The fourth-order valence-electron chi connectivity index (χ4n) is 3.21. The van der Waals surface area contributed by atoms with Crippen LogP contribution in [0.15, 0.2) is 42.7 Å². The van der Waals surface area contributed by atoms with Gasteiger partial charge in [0, 0.05) is 37.2 Å². The summed E-state index contributed by atoms with van der Waals surface area (Å²) in [6, 6.07) is 9.68. The average molecular weight is 382 g/mol. The van der Waals surface area contributed by atoms with Gasteiger partial charge in [-0.25, -0.2) is 4.79 Å². The van der Waals surface area contributed by atoms with Gasteiger partial charge >= 0.3 is 6.09 Å². The summed E-state index contributed by atoms with van der Waals surface area (Å²) in [5.41, 5.74) is 3.09. The summed E-state index contributed by atoms with van der Waals surface area (Å²) in [6.45, 7) is 5.45. The summed E-state index contributed by atoms with van der Waals surface area (Å²) in [4.78, 5) is 30.3. The van der Waals surface area contributed by atoms with Crippen LogP contribution in [0.2, 0.25) is 0 Å². The van der Waals surface area contributed by atoms with Crippen molar-refractivity contribution in [2.45, 2.75) is 32.7 Å². The minimum absolute atomic E-state index is 0.192. The predicted molar refractivity (Wildman–Crippen MR) is 109 cm³/mol. The number of benzene rings is 1. The fraction of sp³-hybridized carbons (Fsp3) is 0.381. The summed E-state index contributed by atoms with van der Waals surface area (Å²) in [7, 11) is 0. The molecule has 1 aromatic heterocycles. The van der Waals surface area contributed by atoms with Crippen LogP contribution in [0.1, 0.15) is 35.7 Å². The molecule has 28 heavy (non-hydrogen) atoms. The van der Waals surface area contributed by atoms with E-state index in [0.717, 1.165) is 29.8 Å². The molecular weight excluding hydrogens is 356 g/mol. The van der Waals surface area contributed by atoms with Gasteiger partial charge in [-0.3, -0.25) is 9.78 Å². The number of nitrogens with zero attached hydrogens (tertiary/aromatic N) is 2. The number of pyridine rings is 1. The quantitative estimate of drug-likeness (QED) is 0.824. The Labute approximate surface area is 165 Å². The zero-order valence-electron chi connectivity index (χ0n) is 16.3. The van der Waals surface area contributed by atoms with Gasteiger partial charge in [-0.2, -0.15) is 0 Å².